The molecule has 0 aliphatic heterocycles. The summed E-state index contributed by atoms with van der Waals surface area (Å²) in [5.74, 6) is 0.230. The molecule has 2 aromatic carbocycles. The van der Waals surface area contributed by atoms with Gasteiger partial charge in [-0.25, -0.2) is 9.97 Å². The molecular formula is C21H24N6. The maximum absolute atomic E-state index is 5.85. The fourth-order valence-corrected chi connectivity index (χ4v) is 2.93. The van der Waals surface area contributed by atoms with Gasteiger partial charge < -0.3 is 10.6 Å². The number of benzene rings is 2. The highest BCUT2D eigenvalue weighted by atomic mass is 15.1. The van der Waals surface area contributed by atoms with Crippen LogP contribution in [0, 0.1) is 6.92 Å². The van der Waals surface area contributed by atoms with Crippen LogP contribution in [0.1, 0.15) is 19.5 Å². The van der Waals surface area contributed by atoms with Crippen LogP contribution in [0.4, 0.5) is 23.0 Å². The Morgan fingerprint density at radius 3 is 2.19 bits per heavy atom. The topological polar surface area (TPSA) is 79.8 Å². The summed E-state index contributed by atoms with van der Waals surface area (Å²) in [5, 5.41) is 8.83. The van der Waals surface area contributed by atoms with Crippen LogP contribution in [-0.2, 0) is 0 Å². The van der Waals surface area contributed by atoms with Gasteiger partial charge in [0, 0.05) is 24.3 Å². The van der Waals surface area contributed by atoms with Gasteiger partial charge in [-0.3, -0.25) is 0 Å². The van der Waals surface area contributed by atoms with Crippen molar-refractivity contribution < 1.29 is 0 Å². The van der Waals surface area contributed by atoms with Crippen molar-refractivity contribution in [1.82, 2.24) is 9.97 Å². The van der Waals surface area contributed by atoms with Gasteiger partial charge in [-0.1, -0.05) is 30.3 Å². The Morgan fingerprint density at radius 1 is 0.889 bits per heavy atom. The molecule has 3 rings (SSSR count). The first-order valence-corrected chi connectivity index (χ1v) is 9.08. The molecule has 6 heteroatoms. The Balaban J connectivity index is 1.93. The Hall–Kier alpha value is -3.28. The smallest absolute Gasteiger partial charge is 0.220 e. The third kappa shape index (κ3) is 4.28. The first-order valence-electron chi connectivity index (χ1n) is 9.08. The molecule has 0 radical (unpaired) electrons. The van der Waals surface area contributed by atoms with Crippen LogP contribution in [0.2, 0.25) is 0 Å². The minimum Gasteiger partial charge on any atom is -0.372 e. The molecule has 1 heterocycles. The lowest BCUT2D eigenvalue weighted by Crippen LogP contribution is -2.21. The van der Waals surface area contributed by atoms with E-state index in [4.69, 9.17) is 5.73 Å². The Kier molecular flexibility index (Phi) is 5.76. The molecule has 0 amide bonds. The highest BCUT2D eigenvalue weighted by molar-refractivity contribution is 5.74. The van der Waals surface area contributed by atoms with Gasteiger partial charge in [-0.15, -0.1) is 5.11 Å². The Labute approximate surface area is 159 Å². The normalized spacial score (nSPS) is 11.1. The van der Waals surface area contributed by atoms with Crippen molar-refractivity contribution in [2.24, 2.45) is 10.2 Å². The van der Waals surface area contributed by atoms with Crippen LogP contribution < -0.4 is 10.6 Å². The van der Waals surface area contributed by atoms with Gasteiger partial charge in [-0.2, -0.15) is 5.11 Å². The number of nitrogens with zero attached hydrogens (tertiary/aromatic N) is 5. The quantitative estimate of drug-likeness (QED) is 0.605. The second-order valence-corrected chi connectivity index (χ2v) is 6.12. The molecule has 138 valence electrons. The number of hydrogen-bond donors (Lipinski definition) is 1. The van der Waals surface area contributed by atoms with Gasteiger partial charge in [-0.05, 0) is 45.0 Å². The van der Waals surface area contributed by atoms with Crippen molar-refractivity contribution in [3.05, 3.63) is 60.3 Å². The fraction of sp³-hybridized carbons (Fsp3) is 0.238. The van der Waals surface area contributed by atoms with Crippen molar-refractivity contribution >= 4 is 23.0 Å². The number of aromatic nitrogens is 2. The van der Waals surface area contributed by atoms with Crippen LogP contribution in [0.25, 0.3) is 11.3 Å². The van der Waals surface area contributed by atoms with E-state index in [1.807, 2.05) is 49.4 Å². The predicted molar refractivity (Wildman–Crippen MR) is 111 cm³/mol. The van der Waals surface area contributed by atoms with Crippen molar-refractivity contribution in [1.29, 1.82) is 0 Å². The lowest BCUT2D eigenvalue weighted by molar-refractivity contribution is 0.866. The van der Waals surface area contributed by atoms with E-state index in [2.05, 4.69) is 51.1 Å². The first-order chi connectivity index (χ1) is 13.1. The number of azo groups is 1. The highest BCUT2D eigenvalue weighted by Gasteiger charge is 2.12. The summed E-state index contributed by atoms with van der Waals surface area (Å²) in [6.07, 6.45) is 0. The van der Waals surface area contributed by atoms with Crippen molar-refractivity contribution in [2.75, 3.05) is 23.7 Å². The largest absolute Gasteiger partial charge is 0.372 e. The number of anilines is 2. The molecule has 3 aromatic rings. The SMILES string of the molecule is CCN(CC)c1ccc(N=Nc2c(C)nc(N)nc2-c2ccccc2)cc1. The van der Waals surface area contributed by atoms with E-state index in [0.717, 1.165) is 24.3 Å². The molecule has 6 nitrogen and oxygen atoms in total. The zero-order valence-corrected chi connectivity index (χ0v) is 15.9. The van der Waals surface area contributed by atoms with Gasteiger partial charge in [0.15, 0.2) is 0 Å². The molecule has 27 heavy (non-hydrogen) atoms. The Morgan fingerprint density at radius 2 is 1.56 bits per heavy atom. The summed E-state index contributed by atoms with van der Waals surface area (Å²) in [6.45, 7) is 8.10. The molecule has 0 saturated carbocycles. The molecule has 0 saturated heterocycles. The van der Waals surface area contributed by atoms with Gasteiger partial charge in [0.2, 0.25) is 5.95 Å². The summed E-state index contributed by atoms with van der Waals surface area (Å²) in [7, 11) is 0. The van der Waals surface area contributed by atoms with E-state index in [1.165, 1.54) is 5.69 Å². The fourth-order valence-electron chi connectivity index (χ4n) is 2.93. The maximum atomic E-state index is 5.85. The van der Waals surface area contributed by atoms with E-state index >= 15 is 0 Å². The van der Waals surface area contributed by atoms with Gasteiger partial charge in [0.1, 0.15) is 11.4 Å². The summed E-state index contributed by atoms with van der Waals surface area (Å²) in [6, 6.07) is 17.9. The zero-order valence-electron chi connectivity index (χ0n) is 15.9. The van der Waals surface area contributed by atoms with Crippen molar-refractivity contribution in [3.63, 3.8) is 0 Å². The lowest BCUT2D eigenvalue weighted by atomic mass is 10.1. The summed E-state index contributed by atoms with van der Waals surface area (Å²) in [4.78, 5) is 10.9. The molecule has 0 aliphatic carbocycles. The molecule has 0 spiro atoms. The van der Waals surface area contributed by atoms with Crippen LogP contribution in [-0.4, -0.2) is 23.1 Å². The predicted octanol–water partition coefficient (Wildman–Crippen LogP) is 5.30. The average Bonchev–Trinajstić information content (AvgIpc) is 2.69. The van der Waals surface area contributed by atoms with Gasteiger partial charge in [0.05, 0.1) is 11.4 Å². The first kappa shape index (κ1) is 18.5. The maximum Gasteiger partial charge on any atom is 0.220 e. The number of nitrogens with two attached hydrogens (primary N) is 1. The van der Waals surface area contributed by atoms with Crippen LogP contribution >= 0.6 is 0 Å². The van der Waals surface area contributed by atoms with Crippen LogP contribution in [0.3, 0.4) is 0 Å². The molecule has 2 N–H and O–H groups in total. The minimum atomic E-state index is 0.230. The molecule has 0 atom stereocenters. The molecular weight excluding hydrogens is 336 g/mol. The standard InChI is InChI=1S/C21H24N6/c1-4-27(5-2)18-13-11-17(12-14-18)25-26-19-15(3)23-21(22)24-20(19)16-9-7-6-8-10-16/h6-14H,4-5H2,1-3H3,(H2,22,23,24). The van der Waals surface area contributed by atoms with Gasteiger partial charge in [0.25, 0.3) is 0 Å². The molecule has 0 unspecified atom stereocenters. The van der Waals surface area contributed by atoms with E-state index < -0.39 is 0 Å². The second kappa shape index (κ2) is 8.40. The third-order valence-electron chi connectivity index (χ3n) is 4.37. The van der Waals surface area contributed by atoms with E-state index in [9.17, 15) is 0 Å². The molecule has 1 aromatic heterocycles. The molecule has 0 fully saturated rings. The van der Waals surface area contributed by atoms with Crippen LogP contribution in [0.5, 0.6) is 0 Å². The van der Waals surface area contributed by atoms with Gasteiger partial charge >= 0.3 is 0 Å². The highest BCUT2D eigenvalue weighted by Crippen LogP contribution is 2.32. The van der Waals surface area contributed by atoms with Crippen LogP contribution in [0.15, 0.2) is 64.8 Å². The number of rotatable bonds is 6. The third-order valence-corrected chi connectivity index (χ3v) is 4.37. The second-order valence-electron chi connectivity index (χ2n) is 6.12. The summed E-state index contributed by atoms with van der Waals surface area (Å²) < 4.78 is 0. The molecule has 0 bridgehead atoms. The number of nitrogen functional groups attached to an aromatic ring is 1. The average molecular weight is 360 g/mol. The van der Waals surface area contributed by atoms with Crippen molar-refractivity contribution in [2.45, 2.75) is 20.8 Å². The Bertz CT molecular complexity index is 915. The number of hydrogen-bond acceptors (Lipinski definition) is 6. The van der Waals surface area contributed by atoms with E-state index in [0.29, 0.717) is 17.1 Å². The number of aryl methyl sites for hydroxylation is 1. The van der Waals surface area contributed by atoms with E-state index in [-0.39, 0.29) is 5.95 Å². The minimum absolute atomic E-state index is 0.230. The summed E-state index contributed by atoms with van der Waals surface area (Å²) in [5.41, 5.74) is 10.7. The molecule has 0 aliphatic rings. The zero-order chi connectivity index (χ0) is 19.2. The van der Waals surface area contributed by atoms with Crippen molar-refractivity contribution in [3.8, 4) is 11.3 Å². The van der Waals surface area contributed by atoms with E-state index in [1.54, 1.807) is 0 Å². The summed E-state index contributed by atoms with van der Waals surface area (Å²) >= 11 is 0. The lowest BCUT2D eigenvalue weighted by Gasteiger charge is -2.20. The monoisotopic (exact) mass is 360 g/mol.